The van der Waals surface area contributed by atoms with Gasteiger partial charge in [0.05, 0.1) is 16.4 Å². The molecule has 0 aromatic heterocycles. The molecule has 0 amide bonds. The fourth-order valence-corrected chi connectivity index (χ4v) is 19.2. The van der Waals surface area contributed by atoms with Gasteiger partial charge in [-0.2, -0.15) is 0 Å². The van der Waals surface area contributed by atoms with Crippen LogP contribution in [0.1, 0.15) is 108 Å². The van der Waals surface area contributed by atoms with Crippen LogP contribution in [-0.2, 0) is 21.7 Å². The van der Waals surface area contributed by atoms with Crippen molar-refractivity contribution in [3.63, 3.8) is 0 Å². The van der Waals surface area contributed by atoms with E-state index in [9.17, 15) is 8.78 Å². The zero-order chi connectivity index (χ0) is 89.2. The number of hydrogen-bond acceptors (Lipinski definition) is 4. The molecule has 2 aliphatic carbocycles. The first-order chi connectivity index (χ1) is 63.2. The van der Waals surface area contributed by atoms with Crippen LogP contribution in [-0.4, -0.2) is 0 Å². The van der Waals surface area contributed by atoms with E-state index in [0.29, 0.717) is 11.1 Å². The number of rotatable bonds is 21. The monoisotopic (exact) mass is 1690 g/mol. The number of benzene rings is 18. The van der Waals surface area contributed by atoms with Gasteiger partial charge in [-0.15, -0.1) is 0 Å². The highest BCUT2D eigenvalue weighted by Gasteiger charge is 2.48. The number of fused-ring (bicyclic) bond motifs is 6. The lowest BCUT2D eigenvalue weighted by atomic mass is 9.67. The third kappa shape index (κ3) is 15.1. The molecule has 0 bridgehead atoms. The van der Waals surface area contributed by atoms with Crippen LogP contribution in [0.25, 0.3) is 90.0 Å². The molecule has 18 aromatic rings. The molecule has 0 N–H and O–H groups in total. The van der Waals surface area contributed by atoms with E-state index in [-0.39, 0.29) is 16.4 Å². The van der Waals surface area contributed by atoms with E-state index >= 15 is 8.78 Å². The van der Waals surface area contributed by atoms with E-state index in [2.05, 4.69) is 344 Å². The highest BCUT2D eigenvalue weighted by Crippen LogP contribution is 2.60. The number of nitrogens with zero attached hydrogens (tertiary/aromatic N) is 2. The summed E-state index contributed by atoms with van der Waals surface area (Å²) >= 11 is 0. The maximum absolute atomic E-state index is 15.5. The SMILES string of the molecule is C=Cc1ccc(Oc2ccc(C3(c4ccc(C(C)(C)C)cc4)c4ccccc4-c4ccc(-c5ccc(N(c6ccc(-c7ccc(N(c8ccc(-c9ccc%10c(c9)C(c9ccc(Oc%11ccc(C=C)cc%11)cc9)(c9ccc(C(C)(C)C)cc9)c9ccccc9-%10)cc8)c8ccc(-c9c(F)cccc9F)cc8)cc7)cc6)c6ccc(-c7ccc(F)c(F)c7)cc6)cc5)cc43)cc2)cc1. The van der Waals surface area contributed by atoms with Crippen molar-refractivity contribution in [1.29, 1.82) is 0 Å². The van der Waals surface area contributed by atoms with Crippen LogP contribution in [0.3, 0.4) is 0 Å². The predicted molar refractivity (Wildman–Crippen MR) is 528 cm³/mol. The fraction of sp³-hybridized carbons (Fsp3) is 0.0820. The quantitative estimate of drug-likeness (QED) is 0.0670. The molecule has 0 spiro atoms. The molecule has 0 saturated heterocycles. The number of halogens is 4. The van der Waals surface area contributed by atoms with Gasteiger partial charge in [0.15, 0.2) is 11.6 Å². The highest BCUT2D eigenvalue weighted by atomic mass is 19.2. The van der Waals surface area contributed by atoms with Crippen LogP contribution < -0.4 is 19.3 Å². The third-order valence-corrected chi connectivity index (χ3v) is 26.0. The summed E-state index contributed by atoms with van der Waals surface area (Å²) in [5.74, 6) is -0.142. The first-order valence-corrected chi connectivity index (χ1v) is 44.0. The van der Waals surface area contributed by atoms with Crippen LogP contribution >= 0.6 is 0 Å². The molecule has 0 fully saturated rings. The lowest BCUT2D eigenvalue weighted by Gasteiger charge is -2.34. The number of hydrogen-bond donors (Lipinski definition) is 0. The molecule has 0 aliphatic heterocycles. The van der Waals surface area contributed by atoms with E-state index in [1.54, 1.807) is 18.2 Å². The molecular formula is C122H92F4N2O2. The molecule has 0 saturated carbocycles. The van der Waals surface area contributed by atoms with Crippen molar-refractivity contribution in [3.8, 4) is 101 Å². The zero-order valence-corrected chi connectivity index (χ0v) is 73.1. The molecule has 20 rings (SSSR count). The van der Waals surface area contributed by atoms with Crippen molar-refractivity contribution in [1.82, 2.24) is 0 Å². The topological polar surface area (TPSA) is 24.9 Å². The van der Waals surface area contributed by atoms with Gasteiger partial charge in [0.25, 0.3) is 0 Å². The number of anilines is 6. The van der Waals surface area contributed by atoms with Crippen molar-refractivity contribution >= 4 is 46.3 Å². The van der Waals surface area contributed by atoms with Crippen LogP contribution in [0.2, 0.25) is 0 Å². The molecule has 130 heavy (non-hydrogen) atoms. The molecule has 0 radical (unpaired) electrons. The summed E-state index contributed by atoms with van der Waals surface area (Å²) in [6.07, 6.45) is 3.65. The Kier molecular flexibility index (Phi) is 21.4. The Balaban J connectivity index is 0.636. The van der Waals surface area contributed by atoms with Crippen LogP contribution in [0.15, 0.2) is 426 Å². The van der Waals surface area contributed by atoms with Gasteiger partial charge in [-0.05, 0) is 308 Å². The first-order valence-electron chi connectivity index (χ1n) is 44.0. The molecule has 18 aromatic carbocycles. The zero-order valence-electron chi connectivity index (χ0n) is 73.1. The average molecular weight is 1690 g/mol. The fourth-order valence-electron chi connectivity index (χ4n) is 19.2. The summed E-state index contributed by atoms with van der Waals surface area (Å²) in [7, 11) is 0. The Labute approximate surface area is 758 Å². The molecule has 2 aliphatic rings. The van der Waals surface area contributed by atoms with Crippen molar-refractivity contribution in [2.45, 2.75) is 63.2 Å². The second-order valence-corrected chi connectivity index (χ2v) is 35.7. The van der Waals surface area contributed by atoms with Gasteiger partial charge in [-0.25, -0.2) is 17.6 Å². The molecule has 630 valence electrons. The maximum atomic E-state index is 15.5. The lowest BCUT2D eigenvalue weighted by molar-refractivity contribution is 0.482. The molecule has 2 unspecified atom stereocenters. The van der Waals surface area contributed by atoms with Crippen LogP contribution in [0.4, 0.5) is 51.7 Å². The largest absolute Gasteiger partial charge is 0.457 e. The summed E-state index contributed by atoms with van der Waals surface area (Å²) in [5.41, 5.74) is 29.9. The molecule has 8 heteroatoms. The summed E-state index contributed by atoms with van der Waals surface area (Å²) in [4.78, 5) is 4.38. The summed E-state index contributed by atoms with van der Waals surface area (Å²) in [5, 5.41) is 0. The minimum atomic E-state index is -0.911. The summed E-state index contributed by atoms with van der Waals surface area (Å²) in [6.45, 7) is 21.4. The lowest BCUT2D eigenvalue weighted by Crippen LogP contribution is -2.29. The van der Waals surface area contributed by atoms with E-state index in [1.165, 1.54) is 74.3 Å². The van der Waals surface area contributed by atoms with Gasteiger partial charge in [0, 0.05) is 34.1 Å². The van der Waals surface area contributed by atoms with E-state index < -0.39 is 34.1 Å². The summed E-state index contributed by atoms with van der Waals surface area (Å²) in [6, 6.07) is 140. The minimum Gasteiger partial charge on any atom is -0.457 e. The Bertz CT molecular complexity index is 7270. The van der Waals surface area contributed by atoms with Gasteiger partial charge in [0.1, 0.15) is 34.6 Å². The average Bonchev–Trinajstić information content (AvgIpc) is 1.54. The van der Waals surface area contributed by atoms with Crippen molar-refractivity contribution in [2.75, 3.05) is 9.80 Å². The van der Waals surface area contributed by atoms with Gasteiger partial charge >= 0.3 is 0 Å². The van der Waals surface area contributed by atoms with Gasteiger partial charge in [0.2, 0.25) is 0 Å². The van der Waals surface area contributed by atoms with Crippen molar-refractivity contribution in [2.24, 2.45) is 0 Å². The second-order valence-electron chi connectivity index (χ2n) is 35.7. The smallest absolute Gasteiger partial charge is 0.159 e. The van der Waals surface area contributed by atoms with Crippen molar-refractivity contribution < 1.29 is 27.0 Å². The van der Waals surface area contributed by atoms with Gasteiger partial charge in [-0.3, -0.25) is 0 Å². The van der Waals surface area contributed by atoms with Crippen LogP contribution in [0.5, 0.6) is 23.0 Å². The van der Waals surface area contributed by atoms with E-state index in [0.717, 1.165) is 141 Å². The van der Waals surface area contributed by atoms with Gasteiger partial charge < -0.3 is 19.3 Å². The Morgan fingerprint density at radius 1 is 0.238 bits per heavy atom. The van der Waals surface area contributed by atoms with E-state index in [4.69, 9.17) is 9.47 Å². The van der Waals surface area contributed by atoms with Crippen molar-refractivity contribution in [3.05, 3.63) is 516 Å². The second kappa shape index (κ2) is 33.6. The predicted octanol–water partition coefficient (Wildman–Crippen LogP) is 33.7. The Morgan fingerprint density at radius 3 is 0.823 bits per heavy atom. The van der Waals surface area contributed by atoms with Crippen LogP contribution in [0, 0.1) is 23.3 Å². The first kappa shape index (κ1) is 82.6. The molecule has 2 atom stereocenters. The Morgan fingerprint density at radius 2 is 0.508 bits per heavy atom. The summed E-state index contributed by atoms with van der Waals surface area (Å²) < 4.78 is 73.2. The maximum Gasteiger partial charge on any atom is 0.159 e. The minimum absolute atomic E-state index is 0.0585. The molecular weight excluding hydrogens is 1600 g/mol. The normalized spacial score (nSPS) is 14.2. The molecule has 0 heterocycles. The van der Waals surface area contributed by atoms with Gasteiger partial charge in [-0.1, -0.05) is 322 Å². The van der Waals surface area contributed by atoms with E-state index in [1.807, 2.05) is 97.1 Å². The Hall–Kier alpha value is -15.6. The standard InChI is InChI=1S/C122H92F4N2O2/c1-9-79-22-65-102(66-23-79)129-104-69-49-94(50-70-104)121(92-45-41-90(42-46-92)119(3,4)5)110-18-13-11-16-106(110)108-73-38-87(76-112(108)121)83-30-57-98(58-31-83)127(100-61-34-85(35-62-100)89-40-75-114(123)117(126)78-89)96-53-26-81(27-54-96)82-28-55-97(56-29-82)128(101-63-36-86(37-64-101)118-115(124)20-15-21-116(118)125)99-59-32-84(33-60-99)88-39-74-109-107-17-12-14-19-111(107)122(113(109)77-88,93-47-43-91(44-48-93)120(6,7)8)95-51-71-105(72-52-95)130-103-67-24-80(10-2)25-68-103/h9-78H,1-2H2,3-8H3. The molecule has 4 nitrogen and oxygen atoms in total. The highest BCUT2D eigenvalue weighted by molar-refractivity contribution is 5.92. The third-order valence-electron chi connectivity index (χ3n) is 26.0. The number of ether oxygens (including phenoxy) is 2.